The lowest BCUT2D eigenvalue weighted by atomic mass is 9.86. The number of furan rings is 1. The van der Waals surface area contributed by atoms with Crippen molar-refractivity contribution in [3.63, 3.8) is 0 Å². The Labute approximate surface area is 161 Å². The third-order valence-corrected chi connectivity index (χ3v) is 4.70. The van der Waals surface area contributed by atoms with Crippen LogP contribution in [0.2, 0.25) is 0 Å². The maximum Gasteiger partial charge on any atom is 0.349 e. The molecule has 0 aliphatic carbocycles. The van der Waals surface area contributed by atoms with Crippen molar-refractivity contribution in [3.8, 4) is 11.3 Å². The number of benzene rings is 1. The third-order valence-electron chi connectivity index (χ3n) is 4.70. The van der Waals surface area contributed by atoms with Crippen molar-refractivity contribution in [1.29, 1.82) is 0 Å². The first-order valence-corrected chi connectivity index (χ1v) is 8.60. The summed E-state index contributed by atoms with van der Waals surface area (Å²) in [5, 5.41) is 10.8. The van der Waals surface area contributed by atoms with Crippen molar-refractivity contribution in [1.82, 2.24) is 0 Å². The molecule has 7 heteroatoms. The monoisotopic (exact) mass is 383 g/mol. The van der Waals surface area contributed by atoms with Crippen LogP contribution in [0.1, 0.15) is 43.8 Å². The van der Waals surface area contributed by atoms with Gasteiger partial charge in [0.15, 0.2) is 0 Å². The second kappa shape index (κ2) is 6.67. The Balaban J connectivity index is 1.84. The van der Waals surface area contributed by atoms with E-state index in [4.69, 9.17) is 13.9 Å². The molecule has 1 aromatic heterocycles. The predicted octanol–water partition coefficient (Wildman–Crippen LogP) is 2.56. The number of esters is 2. The van der Waals surface area contributed by atoms with Gasteiger partial charge in [0.25, 0.3) is 5.79 Å². The summed E-state index contributed by atoms with van der Waals surface area (Å²) in [5.41, 5.74) is -0.190. The molecule has 3 rings (SSSR count). The Morgan fingerprint density at radius 2 is 1.57 bits per heavy atom. The van der Waals surface area contributed by atoms with Crippen LogP contribution in [0.4, 0.5) is 0 Å². The van der Waals surface area contributed by atoms with Gasteiger partial charge < -0.3 is 23.8 Å². The SMILES string of the molecule is CC(C)(C)C1(C)OC(=O)C(=Cc2ccc(-c3ccc(C(=O)[O-])cc3)o2)C(=O)O1. The number of aromatic carboxylic acids is 1. The zero-order valence-electron chi connectivity index (χ0n) is 15.9. The topological polar surface area (TPSA) is 106 Å². The minimum Gasteiger partial charge on any atom is -0.545 e. The molecule has 1 aromatic carbocycles. The normalized spacial score (nSPS) is 19.8. The number of carboxylic acids is 1. The van der Waals surface area contributed by atoms with Crippen molar-refractivity contribution in [3.05, 3.63) is 53.3 Å². The smallest absolute Gasteiger partial charge is 0.349 e. The summed E-state index contributed by atoms with van der Waals surface area (Å²) < 4.78 is 16.4. The Hall–Kier alpha value is -3.35. The van der Waals surface area contributed by atoms with E-state index in [1.165, 1.54) is 18.2 Å². The molecular formula is C21H19O7-. The molecule has 28 heavy (non-hydrogen) atoms. The molecule has 0 radical (unpaired) electrons. The third kappa shape index (κ3) is 3.55. The molecule has 146 valence electrons. The second-order valence-corrected chi connectivity index (χ2v) is 7.60. The molecule has 1 fully saturated rings. The molecule has 7 nitrogen and oxygen atoms in total. The van der Waals surface area contributed by atoms with Gasteiger partial charge in [0.1, 0.15) is 17.1 Å². The van der Waals surface area contributed by atoms with Crippen molar-refractivity contribution in [2.75, 3.05) is 0 Å². The highest BCUT2D eigenvalue weighted by molar-refractivity contribution is 6.18. The van der Waals surface area contributed by atoms with E-state index in [-0.39, 0.29) is 16.9 Å². The average Bonchev–Trinajstić information content (AvgIpc) is 3.06. The van der Waals surface area contributed by atoms with Crippen LogP contribution in [0.5, 0.6) is 0 Å². The Kier molecular flexibility index (Phi) is 4.62. The van der Waals surface area contributed by atoms with E-state index in [0.29, 0.717) is 11.3 Å². The van der Waals surface area contributed by atoms with E-state index in [2.05, 4.69) is 0 Å². The van der Waals surface area contributed by atoms with E-state index in [1.54, 1.807) is 52.0 Å². The molecule has 1 saturated heterocycles. The summed E-state index contributed by atoms with van der Waals surface area (Å²) in [6.45, 7) is 6.94. The van der Waals surface area contributed by atoms with Crippen LogP contribution < -0.4 is 5.11 Å². The van der Waals surface area contributed by atoms with Crippen molar-refractivity contribution >= 4 is 24.0 Å². The summed E-state index contributed by atoms with van der Waals surface area (Å²) >= 11 is 0. The van der Waals surface area contributed by atoms with Gasteiger partial charge in [-0.15, -0.1) is 0 Å². The molecule has 0 unspecified atom stereocenters. The van der Waals surface area contributed by atoms with Gasteiger partial charge in [-0.2, -0.15) is 0 Å². The number of carbonyl (C=O) groups is 3. The number of rotatable bonds is 3. The fourth-order valence-corrected chi connectivity index (χ4v) is 2.49. The van der Waals surface area contributed by atoms with Crippen LogP contribution in [-0.2, 0) is 19.1 Å². The van der Waals surface area contributed by atoms with Gasteiger partial charge >= 0.3 is 11.9 Å². The zero-order valence-corrected chi connectivity index (χ0v) is 15.9. The van der Waals surface area contributed by atoms with Crippen molar-refractivity contribution < 1.29 is 33.4 Å². The highest BCUT2D eigenvalue weighted by Gasteiger charge is 2.50. The molecule has 2 aromatic rings. The van der Waals surface area contributed by atoms with Gasteiger partial charge in [-0.05, 0) is 17.7 Å². The summed E-state index contributed by atoms with van der Waals surface area (Å²) in [6.07, 6.45) is 1.26. The fraction of sp³-hybridized carbons (Fsp3) is 0.286. The van der Waals surface area contributed by atoms with Crippen LogP contribution in [0.15, 0.2) is 46.4 Å². The van der Waals surface area contributed by atoms with Crippen LogP contribution >= 0.6 is 0 Å². The van der Waals surface area contributed by atoms with E-state index >= 15 is 0 Å². The van der Waals surface area contributed by atoms with Crippen LogP contribution in [0, 0.1) is 5.41 Å². The lowest BCUT2D eigenvalue weighted by molar-refractivity contribution is -0.261. The Morgan fingerprint density at radius 1 is 1.00 bits per heavy atom. The molecule has 2 heterocycles. The van der Waals surface area contributed by atoms with E-state index in [1.807, 2.05) is 0 Å². The first-order valence-electron chi connectivity index (χ1n) is 8.60. The van der Waals surface area contributed by atoms with E-state index in [0.717, 1.165) is 0 Å². The largest absolute Gasteiger partial charge is 0.545 e. The minimum absolute atomic E-state index is 0.0484. The number of hydrogen-bond acceptors (Lipinski definition) is 7. The number of hydrogen-bond donors (Lipinski definition) is 0. The second-order valence-electron chi connectivity index (χ2n) is 7.60. The maximum absolute atomic E-state index is 12.4. The van der Waals surface area contributed by atoms with Crippen molar-refractivity contribution in [2.45, 2.75) is 33.5 Å². The first-order chi connectivity index (χ1) is 13.0. The number of carbonyl (C=O) groups excluding carboxylic acids is 3. The van der Waals surface area contributed by atoms with Gasteiger partial charge in [0.2, 0.25) is 0 Å². The molecule has 0 N–H and O–H groups in total. The average molecular weight is 383 g/mol. The molecule has 0 bridgehead atoms. The summed E-state index contributed by atoms with van der Waals surface area (Å²) in [7, 11) is 0. The zero-order chi connectivity index (χ0) is 20.7. The van der Waals surface area contributed by atoms with Crippen LogP contribution in [0.25, 0.3) is 17.4 Å². The molecule has 0 spiro atoms. The van der Waals surface area contributed by atoms with Gasteiger partial charge in [0.05, 0.1) is 5.97 Å². The number of carboxylic acid groups (broad SMARTS) is 1. The van der Waals surface area contributed by atoms with Gasteiger partial charge in [-0.25, -0.2) is 9.59 Å². The summed E-state index contributed by atoms with van der Waals surface area (Å²) in [5.74, 6) is -3.52. The molecule has 0 amide bonds. The first kappa shape index (κ1) is 19.4. The molecule has 0 saturated carbocycles. The quantitative estimate of drug-likeness (QED) is 0.455. The molecule has 1 aliphatic heterocycles. The Morgan fingerprint density at radius 3 is 2.07 bits per heavy atom. The summed E-state index contributed by atoms with van der Waals surface area (Å²) in [4.78, 5) is 35.5. The standard InChI is InChI=1S/C21H20O7/c1-20(2,3)21(4)27-18(24)15(19(25)28-21)11-14-9-10-16(26-14)12-5-7-13(8-6-12)17(22)23/h5-11H,1-4H3,(H,22,23)/p-1. The lowest BCUT2D eigenvalue weighted by Crippen LogP contribution is -2.52. The maximum atomic E-state index is 12.4. The fourth-order valence-electron chi connectivity index (χ4n) is 2.49. The lowest BCUT2D eigenvalue weighted by Gasteiger charge is -2.42. The van der Waals surface area contributed by atoms with Gasteiger partial charge in [0, 0.05) is 24.0 Å². The molecule has 1 aliphatic rings. The van der Waals surface area contributed by atoms with Gasteiger partial charge in [-0.1, -0.05) is 45.0 Å². The highest BCUT2D eigenvalue weighted by Crippen LogP contribution is 2.39. The minimum atomic E-state index is -1.37. The number of ether oxygens (including phenoxy) is 2. The molecular weight excluding hydrogens is 364 g/mol. The summed E-state index contributed by atoms with van der Waals surface area (Å²) in [6, 6.07) is 9.15. The van der Waals surface area contributed by atoms with E-state index < -0.39 is 29.1 Å². The Bertz CT molecular complexity index is 951. The molecule has 0 atom stereocenters. The highest BCUT2D eigenvalue weighted by atomic mass is 16.7. The number of cyclic esters (lactones) is 2. The van der Waals surface area contributed by atoms with Crippen molar-refractivity contribution in [2.24, 2.45) is 5.41 Å². The van der Waals surface area contributed by atoms with Crippen LogP contribution in [-0.4, -0.2) is 23.7 Å². The van der Waals surface area contributed by atoms with E-state index in [9.17, 15) is 19.5 Å². The predicted molar refractivity (Wildman–Crippen MR) is 96.5 cm³/mol. The van der Waals surface area contributed by atoms with Crippen LogP contribution in [0.3, 0.4) is 0 Å². The van der Waals surface area contributed by atoms with Gasteiger partial charge in [-0.3, -0.25) is 0 Å².